The molecular weight excluding hydrogens is 258 g/mol. The molecule has 0 aliphatic rings. The average molecular weight is 279 g/mol. The Morgan fingerprint density at radius 3 is 2.60 bits per heavy atom. The van der Waals surface area contributed by atoms with Crippen molar-refractivity contribution in [1.82, 2.24) is 5.32 Å². The highest BCUT2D eigenvalue weighted by Gasteiger charge is 2.15. The second-order valence-electron chi connectivity index (χ2n) is 4.98. The molecule has 0 aliphatic heterocycles. The quantitative estimate of drug-likeness (QED) is 0.808. The molecule has 5 heteroatoms. The molecule has 0 aromatic heterocycles. The summed E-state index contributed by atoms with van der Waals surface area (Å²) in [5.41, 5.74) is 1.24. The van der Waals surface area contributed by atoms with Gasteiger partial charge in [0, 0.05) is 6.54 Å². The van der Waals surface area contributed by atoms with Gasteiger partial charge in [0.25, 0.3) is 5.91 Å². The molecule has 110 valence electrons. The molecule has 0 radical (unpaired) electrons. The van der Waals surface area contributed by atoms with Crippen LogP contribution in [0.1, 0.15) is 29.8 Å². The van der Waals surface area contributed by atoms with E-state index in [0.717, 1.165) is 5.56 Å². The fraction of sp³-hybridized carbons (Fsp3) is 0.467. The van der Waals surface area contributed by atoms with Gasteiger partial charge >= 0.3 is 5.97 Å². The molecule has 0 fully saturated rings. The molecule has 5 nitrogen and oxygen atoms in total. The number of methoxy groups -OCH3 is 1. The minimum absolute atomic E-state index is 0.289. The largest absolute Gasteiger partial charge is 0.496 e. The summed E-state index contributed by atoms with van der Waals surface area (Å²) in [7, 11) is 1.48. The van der Waals surface area contributed by atoms with Gasteiger partial charge in [-0.3, -0.25) is 4.79 Å². The lowest BCUT2D eigenvalue weighted by Gasteiger charge is -2.10. The summed E-state index contributed by atoms with van der Waals surface area (Å²) in [5.74, 6) is -0.0846. The lowest BCUT2D eigenvalue weighted by atomic mass is 10.1. The highest BCUT2D eigenvalue weighted by Crippen LogP contribution is 2.20. The van der Waals surface area contributed by atoms with Crippen LogP contribution in [-0.2, 0) is 9.53 Å². The first-order valence-corrected chi connectivity index (χ1v) is 6.52. The molecule has 0 bridgehead atoms. The number of ether oxygens (including phenoxy) is 2. The standard InChI is InChI=1S/C15H21NO4/c1-10(2)8-16-14(17)9-20-15(18)12-7-11(3)5-6-13(12)19-4/h5-7,10H,8-9H2,1-4H3,(H,16,17). The Bertz CT molecular complexity index is 483. The lowest BCUT2D eigenvalue weighted by molar-refractivity contribution is -0.124. The van der Waals surface area contributed by atoms with E-state index in [2.05, 4.69) is 5.32 Å². The summed E-state index contributed by atoms with van der Waals surface area (Å²) in [6.07, 6.45) is 0. The minimum Gasteiger partial charge on any atom is -0.496 e. The number of aryl methyl sites for hydroxylation is 1. The highest BCUT2D eigenvalue weighted by molar-refractivity contribution is 5.94. The van der Waals surface area contributed by atoms with Gasteiger partial charge in [-0.05, 0) is 25.0 Å². The van der Waals surface area contributed by atoms with Crippen molar-refractivity contribution in [2.24, 2.45) is 5.92 Å². The van der Waals surface area contributed by atoms with Crippen molar-refractivity contribution in [3.63, 3.8) is 0 Å². The van der Waals surface area contributed by atoms with Crippen LogP contribution < -0.4 is 10.1 Å². The van der Waals surface area contributed by atoms with Crippen LogP contribution in [-0.4, -0.2) is 32.1 Å². The Kier molecular flexibility index (Phi) is 6.03. The van der Waals surface area contributed by atoms with Crippen LogP contribution in [0.15, 0.2) is 18.2 Å². The van der Waals surface area contributed by atoms with Crippen LogP contribution in [0, 0.1) is 12.8 Å². The van der Waals surface area contributed by atoms with Crippen molar-refractivity contribution in [2.45, 2.75) is 20.8 Å². The topological polar surface area (TPSA) is 64.6 Å². The molecule has 0 saturated carbocycles. The Hall–Kier alpha value is -2.04. The predicted molar refractivity (Wildman–Crippen MR) is 75.9 cm³/mol. The van der Waals surface area contributed by atoms with E-state index in [-0.39, 0.29) is 12.5 Å². The van der Waals surface area contributed by atoms with E-state index in [0.29, 0.717) is 23.8 Å². The predicted octanol–water partition coefficient (Wildman–Crippen LogP) is 1.93. The zero-order chi connectivity index (χ0) is 15.1. The third-order valence-corrected chi connectivity index (χ3v) is 2.62. The zero-order valence-electron chi connectivity index (χ0n) is 12.4. The van der Waals surface area contributed by atoms with Gasteiger partial charge < -0.3 is 14.8 Å². The fourth-order valence-electron chi connectivity index (χ4n) is 1.56. The second-order valence-corrected chi connectivity index (χ2v) is 4.98. The summed E-state index contributed by atoms with van der Waals surface area (Å²) in [6.45, 7) is 6.12. The number of nitrogens with one attached hydrogen (secondary N) is 1. The van der Waals surface area contributed by atoms with Crippen LogP contribution in [0.25, 0.3) is 0 Å². The van der Waals surface area contributed by atoms with E-state index in [9.17, 15) is 9.59 Å². The van der Waals surface area contributed by atoms with E-state index in [1.54, 1.807) is 12.1 Å². The van der Waals surface area contributed by atoms with Crippen LogP contribution in [0.5, 0.6) is 5.75 Å². The molecule has 20 heavy (non-hydrogen) atoms. The molecule has 0 atom stereocenters. The van der Waals surface area contributed by atoms with Gasteiger partial charge in [-0.2, -0.15) is 0 Å². The number of benzene rings is 1. The SMILES string of the molecule is COc1ccc(C)cc1C(=O)OCC(=O)NCC(C)C. The summed E-state index contributed by atoms with van der Waals surface area (Å²) >= 11 is 0. The molecule has 1 rings (SSSR count). The van der Waals surface area contributed by atoms with E-state index in [1.165, 1.54) is 7.11 Å². The Labute approximate surface area is 119 Å². The molecule has 1 aromatic rings. The van der Waals surface area contributed by atoms with Crippen LogP contribution in [0.3, 0.4) is 0 Å². The number of esters is 1. The number of carbonyl (C=O) groups is 2. The molecular formula is C15H21NO4. The maximum Gasteiger partial charge on any atom is 0.342 e. The first kappa shape index (κ1) is 16.0. The number of hydrogen-bond donors (Lipinski definition) is 1. The van der Waals surface area contributed by atoms with Crippen molar-refractivity contribution >= 4 is 11.9 Å². The van der Waals surface area contributed by atoms with Gasteiger partial charge in [-0.15, -0.1) is 0 Å². The molecule has 0 unspecified atom stereocenters. The number of amides is 1. The smallest absolute Gasteiger partial charge is 0.342 e. The third-order valence-electron chi connectivity index (χ3n) is 2.62. The first-order chi connectivity index (χ1) is 9.43. The van der Waals surface area contributed by atoms with Gasteiger partial charge in [0.05, 0.1) is 7.11 Å². The zero-order valence-corrected chi connectivity index (χ0v) is 12.4. The summed E-state index contributed by atoms with van der Waals surface area (Å²) in [5, 5.41) is 2.68. The van der Waals surface area contributed by atoms with E-state index < -0.39 is 5.97 Å². The van der Waals surface area contributed by atoms with Crippen LogP contribution in [0.4, 0.5) is 0 Å². The first-order valence-electron chi connectivity index (χ1n) is 6.52. The lowest BCUT2D eigenvalue weighted by Crippen LogP contribution is -2.31. The van der Waals surface area contributed by atoms with E-state index >= 15 is 0 Å². The number of rotatable bonds is 6. The van der Waals surface area contributed by atoms with Crippen LogP contribution in [0.2, 0.25) is 0 Å². The van der Waals surface area contributed by atoms with Gasteiger partial charge in [-0.25, -0.2) is 4.79 Å². The molecule has 0 spiro atoms. The van der Waals surface area contributed by atoms with E-state index in [1.807, 2.05) is 26.8 Å². The molecule has 1 aromatic carbocycles. The fourth-order valence-corrected chi connectivity index (χ4v) is 1.56. The van der Waals surface area contributed by atoms with Gasteiger partial charge in [0.1, 0.15) is 11.3 Å². The number of carbonyl (C=O) groups excluding carboxylic acids is 2. The molecule has 0 heterocycles. The Morgan fingerprint density at radius 2 is 2.00 bits per heavy atom. The van der Waals surface area contributed by atoms with Crippen molar-refractivity contribution in [2.75, 3.05) is 20.3 Å². The molecule has 1 N–H and O–H groups in total. The van der Waals surface area contributed by atoms with Gasteiger partial charge in [0.2, 0.25) is 0 Å². The van der Waals surface area contributed by atoms with Gasteiger partial charge in [-0.1, -0.05) is 25.5 Å². The minimum atomic E-state index is -0.565. The molecule has 0 aliphatic carbocycles. The summed E-state index contributed by atoms with van der Waals surface area (Å²) < 4.78 is 10.1. The number of hydrogen-bond acceptors (Lipinski definition) is 4. The Morgan fingerprint density at radius 1 is 1.30 bits per heavy atom. The third kappa shape index (κ3) is 4.91. The highest BCUT2D eigenvalue weighted by atomic mass is 16.5. The second kappa shape index (κ2) is 7.53. The molecule has 1 amide bonds. The average Bonchev–Trinajstić information content (AvgIpc) is 2.42. The van der Waals surface area contributed by atoms with Crippen molar-refractivity contribution in [1.29, 1.82) is 0 Å². The Balaban J connectivity index is 2.59. The maximum absolute atomic E-state index is 11.9. The van der Waals surface area contributed by atoms with Gasteiger partial charge in [0.15, 0.2) is 6.61 Å². The molecule has 0 saturated heterocycles. The summed E-state index contributed by atoms with van der Waals surface area (Å²) in [6, 6.07) is 5.21. The van der Waals surface area contributed by atoms with Crippen LogP contribution >= 0.6 is 0 Å². The summed E-state index contributed by atoms with van der Waals surface area (Å²) in [4.78, 5) is 23.4. The van der Waals surface area contributed by atoms with Crippen molar-refractivity contribution < 1.29 is 19.1 Å². The normalized spacial score (nSPS) is 10.2. The van der Waals surface area contributed by atoms with Crippen molar-refractivity contribution in [3.8, 4) is 5.75 Å². The maximum atomic E-state index is 11.9. The van der Waals surface area contributed by atoms with Crippen molar-refractivity contribution in [3.05, 3.63) is 29.3 Å². The van der Waals surface area contributed by atoms with E-state index in [4.69, 9.17) is 9.47 Å². The monoisotopic (exact) mass is 279 g/mol.